The fraction of sp³-hybridized carbons (Fsp3) is 0.750. The highest BCUT2D eigenvalue weighted by Crippen LogP contribution is 2.46. The molecule has 0 unspecified atom stereocenters. The largest absolute Gasteiger partial charge is 0.266 e. The average molecular weight is 323 g/mol. The standard InChI is InChI=1S/C12H16Cl2N2O2S/c13-12-11(19(14,17)18)10(8-6-7-8)15-16(12)9-4-2-1-3-5-9/h8-9H,1-7H2. The van der Waals surface area contributed by atoms with Crippen molar-refractivity contribution in [2.75, 3.05) is 0 Å². The maximum absolute atomic E-state index is 11.7. The van der Waals surface area contributed by atoms with Gasteiger partial charge in [-0.15, -0.1) is 0 Å². The lowest BCUT2D eigenvalue weighted by Crippen LogP contribution is -2.14. The Labute approximate surface area is 122 Å². The molecule has 0 bridgehead atoms. The van der Waals surface area contributed by atoms with Crippen LogP contribution in [-0.4, -0.2) is 18.2 Å². The van der Waals surface area contributed by atoms with E-state index in [1.807, 2.05) is 0 Å². The van der Waals surface area contributed by atoms with E-state index in [1.54, 1.807) is 4.68 Å². The van der Waals surface area contributed by atoms with Crippen molar-refractivity contribution in [1.82, 2.24) is 9.78 Å². The zero-order valence-corrected chi connectivity index (χ0v) is 12.8. The second-order valence-electron chi connectivity index (χ2n) is 5.45. The number of hydrogen-bond acceptors (Lipinski definition) is 3. The van der Waals surface area contributed by atoms with Crippen LogP contribution in [0.5, 0.6) is 0 Å². The maximum Gasteiger partial charge on any atom is 0.266 e. The van der Waals surface area contributed by atoms with Gasteiger partial charge < -0.3 is 0 Å². The lowest BCUT2D eigenvalue weighted by atomic mass is 9.96. The van der Waals surface area contributed by atoms with E-state index in [0.717, 1.165) is 38.5 Å². The van der Waals surface area contributed by atoms with E-state index in [-0.39, 0.29) is 22.0 Å². The highest BCUT2D eigenvalue weighted by Gasteiger charge is 2.37. The molecule has 0 aliphatic heterocycles. The summed E-state index contributed by atoms with van der Waals surface area (Å²) in [5, 5.41) is 4.68. The van der Waals surface area contributed by atoms with E-state index in [4.69, 9.17) is 22.3 Å². The van der Waals surface area contributed by atoms with Crippen LogP contribution in [0, 0.1) is 0 Å². The van der Waals surface area contributed by atoms with E-state index in [9.17, 15) is 8.42 Å². The minimum absolute atomic E-state index is 0.0453. The zero-order chi connectivity index (χ0) is 13.6. The average Bonchev–Trinajstić information content (AvgIpc) is 3.13. The first kappa shape index (κ1) is 13.7. The molecule has 4 nitrogen and oxygen atoms in total. The number of hydrogen-bond donors (Lipinski definition) is 0. The summed E-state index contributed by atoms with van der Waals surface area (Å²) in [5.74, 6) is 0.214. The number of rotatable bonds is 3. The number of halogens is 2. The topological polar surface area (TPSA) is 52.0 Å². The highest BCUT2D eigenvalue weighted by atomic mass is 35.7. The molecule has 1 aromatic rings. The Kier molecular flexibility index (Phi) is 3.56. The molecule has 0 atom stereocenters. The number of aromatic nitrogens is 2. The molecule has 2 aliphatic carbocycles. The van der Waals surface area contributed by atoms with Gasteiger partial charge in [0.1, 0.15) is 10.0 Å². The van der Waals surface area contributed by atoms with Gasteiger partial charge in [-0.3, -0.25) is 0 Å². The van der Waals surface area contributed by atoms with Crippen LogP contribution in [-0.2, 0) is 9.05 Å². The molecule has 1 heterocycles. The minimum Gasteiger partial charge on any atom is -0.249 e. The quantitative estimate of drug-likeness (QED) is 0.794. The lowest BCUT2D eigenvalue weighted by molar-refractivity contribution is 0.328. The van der Waals surface area contributed by atoms with Gasteiger partial charge in [-0.05, 0) is 25.7 Å². The molecular formula is C12H16Cl2N2O2S. The predicted octanol–water partition coefficient (Wildman–Crippen LogP) is 3.85. The third-order valence-electron chi connectivity index (χ3n) is 3.97. The van der Waals surface area contributed by atoms with E-state index < -0.39 is 9.05 Å². The molecule has 0 N–H and O–H groups in total. The molecule has 0 aromatic carbocycles. The summed E-state index contributed by atoms with van der Waals surface area (Å²) in [6, 6.07) is 0.214. The highest BCUT2D eigenvalue weighted by molar-refractivity contribution is 8.13. The number of nitrogens with zero attached hydrogens (tertiary/aromatic N) is 2. The van der Waals surface area contributed by atoms with E-state index in [1.165, 1.54) is 6.42 Å². The van der Waals surface area contributed by atoms with Crippen molar-refractivity contribution in [3.8, 4) is 0 Å². The molecule has 106 valence electrons. The first-order valence-corrected chi connectivity index (χ1v) is 9.40. The van der Waals surface area contributed by atoms with E-state index in [0.29, 0.717) is 5.69 Å². The molecule has 1 aromatic heterocycles. The first-order valence-electron chi connectivity index (χ1n) is 6.71. The molecule has 3 rings (SSSR count). The van der Waals surface area contributed by atoms with Crippen LogP contribution >= 0.6 is 22.3 Å². The molecule has 0 radical (unpaired) electrons. The Hall–Kier alpha value is -0.260. The van der Waals surface area contributed by atoms with Crippen molar-refractivity contribution in [3.63, 3.8) is 0 Å². The molecule has 7 heteroatoms. The smallest absolute Gasteiger partial charge is 0.249 e. The molecular weight excluding hydrogens is 307 g/mol. The van der Waals surface area contributed by atoms with E-state index in [2.05, 4.69) is 5.10 Å². The van der Waals surface area contributed by atoms with E-state index >= 15 is 0 Å². The van der Waals surface area contributed by atoms with Gasteiger partial charge in [0.15, 0.2) is 0 Å². The zero-order valence-electron chi connectivity index (χ0n) is 10.5. The van der Waals surface area contributed by atoms with Crippen molar-refractivity contribution in [2.45, 2.75) is 61.8 Å². The predicted molar refractivity (Wildman–Crippen MR) is 74.4 cm³/mol. The second-order valence-corrected chi connectivity index (χ2v) is 8.31. The van der Waals surface area contributed by atoms with Crippen molar-refractivity contribution in [1.29, 1.82) is 0 Å². The molecule has 0 spiro atoms. The molecule has 2 aliphatic rings. The van der Waals surface area contributed by atoms with Crippen LogP contribution in [0.25, 0.3) is 0 Å². The van der Waals surface area contributed by atoms with Crippen LogP contribution < -0.4 is 0 Å². The molecule has 0 amide bonds. The fourth-order valence-electron chi connectivity index (χ4n) is 2.83. The van der Waals surface area contributed by atoms with Crippen LogP contribution in [0.1, 0.15) is 62.6 Å². The Morgan fingerprint density at radius 1 is 1.11 bits per heavy atom. The van der Waals surface area contributed by atoms with Crippen LogP contribution in [0.15, 0.2) is 4.90 Å². The van der Waals surface area contributed by atoms with Crippen molar-refractivity contribution < 1.29 is 8.42 Å². The molecule has 0 saturated heterocycles. The van der Waals surface area contributed by atoms with Crippen molar-refractivity contribution in [2.24, 2.45) is 0 Å². The van der Waals surface area contributed by atoms with Crippen LogP contribution in [0.4, 0.5) is 0 Å². The maximum atomic E-state index is 11.7. The van der Waals surface area contributed by atoms with Crippen LogP contribution in [0.3, 0.4) is 0 Å². The van der Waals surface area contributed by atoms with Gasteiger partial charge in [-0.2, -0.15) is 5.10 Å². The summed E-state index contributed by atoms with van der Waals surface area (Å²) in [7, 11) is 1.70. The van der Waals surface area contributed by atoms with Gasteiger partial charge in [0.2, 0.25) is 0 Å². The van der Waals surface area contributed by atoms with Gasteiger partial charge in [-0.25, -0.2) is 13.1 Å². The van der Waals surface area contributed by atoms with Gasteiger partial charge in [0, 0.05) is 16.6 Å². The lowest BCUT2D eigenvalue weighted by Gasteiger charge is -2.22. The van der Waals surface area contributed by atoms with Gasteiger partial charge in [0.25, 0.3) is 9.05 Å². The van der Waals surface area contributed by atoms with Crippen molar-refractivity contribution in [3.05, 3.63) is 10.8 Å². The van der Waals surface area contributed by atoms with Gasteiger partial charge in [0.05, 0.1) is 11.7 Å². The summed E-state index contributed by atoms with van der Waals surface area (Å²) in [4.78, 5) is 0.0453. The molecule has 19 heavy (non-hydrogen) atoms. The second kappa shape index (κ2) is 4.93. The summed E-state index contributed by atoms with van der Waals surface area (Å²) >= 11 is 6.26. The van der Waals surface area contributed by atoms with Crippen molar-refractivity contribution >= 4 is 31.3 Å². The summed E-state index contributed by atoms with van der Waals surface area (Å²) in [6.07, 6.45) is 7.46. The Balaban J connectivity index is 2.06. The van der Waals surface area contributed by atoms with Gasteiger partial charge in [-0.1, -0.05) is 30.9 Å². The molecule has 2 fully saturated rings. The Morgan fingerprint density at radius 3 is 2.26 bits per heavy atom. The van der Waals surface area contributed by atoms with Crippen LogP contribution in [0.2, 0.25) is 5.15 Å². The summed E-state index contributed by atoms with van der Waals surface area (Å²) < 4.78 is 25.2. The monoisotopic (exact) mass is 322 g/mol. The third kappa shape index (κ3) is 2.65. The van der Waals surface area contributed by atoms with Gasteiger partial charge >= 0.3 is 0 Å². The third-order valence-corrected chi connectivity index (χ3v) is 5.79. The summed E-state index contributed by atoms with van der Waals surface area (Å²) in [5.41, 5.74) is 0.575. The first-order chi connectivity index (χ1) is 8.98. The Morgan fingerprint density at radius 2 is 1.74 bits per heavy atom. The Bertz CT molecular complexity index is 587. The molecule has 2 saturated carbocycles. The minimum atomic E-state index is -3.83. The SMILES string of the molecule is O=S(=O)(Cl)c1c(C2CC2)nn(C2CCCCC2)c1Cl. The normalized spacial score (nSPS) is 21.8. The summed E-state index contributed by atoms with van der Waals surface area (Å²) in [6.45, 7) is 0. The fourth-order valence-corrected chi connectivity index (χ4v) is 4.74.